The minimum atomic E-state index is -0.247. The van der Waals surface area contributed by atoms with Crippen molar-refractivity contribution in [2.75, 3.05) is 0 Å². The third-order valence-electron chi connectivity index (χ3n) is 3.77. The molecule has 2 heteroatoms. The minimum Gasteiger partial charge on any atom is -0.507 e. The first-order valence-corrected chi connectivity index (χ1v) is 6.63. The van der Waals surface area contributed by atoms with E-state index in [9.17, 15) is 9.50 Å². The van der Waals surface area contributed by atoms with Crippen molar-refractivity contribution in [3.8, 4) is 5.75 Å². The van der Waals surface area contributed by atoms with E-state index in [1.807, 2.05) is 43.3 Å². The molecule has 1 N–H and O–H groups in total. The third-order valence-corrected chi connectivity index (χ3v) is 3.77. The smallest absolute Gasteiger partial charge is 0.127 e. The molecule has 0 saturated carbocycles. The molecule has 0 saturated heterocycles. The van der Waals surface area contributed by atoms with Crippen LogP contribution in [0.4, 0.5) is 4.39 Å². The second kappa shape index (κ2) is 4.97. The molecule has 1 atom stereocenters. The predicted molar refractivity (Wildman–Crippen MR) is 79.5 cm³/mol. The molecule has 100 valence electrons. The molecular formula is C18H15FO. The molecular weight excluding hydrogens is 251 g/mol. The number of fused-ring (bicyclic) bond motifs is 1. The molecule has 1 unspecified atom stereocenters. The Kier molecular flexibility index (Phi) is 3.15. The highest BCUT2D eigenvalue weighted by Gasteiger charge is 2.14. The van der Waals surface area contributed by atoms with Crippen LogP contribution in [-0.4, -0.2) is 5.11 Å². The molecule has 0 aliphatic heterocycles. The van der Waals surface area contributed by atoms with Gasteiger partial charge in [-0.05, 0) is 23.1 Å². The van der Waals surface area contributed by atoms with Gasteiger partial charge in [0.05, 0.1) is 0 Å². The van der Waals surface area contributed by atoms with Crippen LogP contribution < -0.4 is 0 Å². The van der Waals surface area contributed by atoms with Gasteiger partial charge in [0.25, 0.3) is 0 Å². The number of hydrogen-bond acceptors (Lipinski definition) is 1. The van der Waals surface area contributed by atoms with E-state index < -0.39 is 0 Å². The molecule has 0 heterocycles. The Morgan fingerprint density at radius 2 is 1.60 bits per heavy atom. The molecule has 0 spiro atoms. The zero-order chi connectivity index (χ0) is 14.1. The van der Waals surface area contributed by atoms with E-state index >= 15 is 0 Å². The molecule has 0 aromatic heterocycles. The van der Waals surface area contributed by atoms with Crippen LogP contribution >= 0.6 is 0 Å². The maximum atomic E-state index is 13.0. The van der Waals surface area contributed by atoms with E-state index in [0.717, 1.165) is 21.9 Å². The van der Waals surface area contributed by atoms with E-state index in [2.05, 4.69) is 0 Å². The van der Waals surface area contributed by atoms with Crippen LogP contribution in [0.3, 0.4) is 0 Å². The third kappa shape index (κ3) is 2.14. The second-order valence-corrected chi connectivity index (χ2v) is 5.00. The fourth-order valence-corrected chi connectivity index (χ4v) is 2.55. The zero-order valence-electron chi connectivity index (χ0n) is 11.2. The molecule has 0 fully saturated rings. The quantitative estimate of drug-likeness (QED) is 0.704. The average molecular weight is 266 g/mol. The lowest BCUT2D eigenvalue weighted by Gasteiger charge is -2.15. The van der Waals surface area contributed by atoms with E-state index in [1.165, 1.54) is 12.1 Å². The van der Waals surface area contributed by atoms with Crippen LogP contribution in [-0.2, 0) is 0 Å². The molecule has 0 bridgehead atoms. The van der Waals surface area contributed by atoms with Gasteiger partial charge in [-0.1, -0.05) is 55.5 Å². The summed E-state index contributed by atoms with van der Waals surface area (Å²) in [5.74, 6) is 0.0730. The molecule has 0 amide bonds. The van der Waals surface area contributed by atoms with Crippen LogP contribution in [0.5, 0.6) is 5.75 Å². The zero-order valence-corrected chi connectivity index (χ0v) is 11.2. The van der Waals surface area contributed by atoms with Crippen LogP contribution in [0.2, 0.25) is 0 Å². The summed E-state index contributed by atoms with van der Waals surface area (Å²) in [4.78, 5) is 0. The van der Waals surface area contributed by atoms with Gasteiger partial charge >= 0.3 is 0 Å². The maximum Gasteiger partial charge on any atom is 0.127 e. The Morgan fingerprint density at radius 1 is 0.900 bits per heavy atom. The lowest BCUT2D eigenvalue weighted by Crippen LogP contribution is -1.97. The van der Waals surface area contributed by atoms with Crippen molar-refractivity contribution in [3.63, 3.8) is 0 Å². The van der Waals surface area contributed by atoms with Gasteiger partial charge < -0.3 is 5.11 Å². The van der Waals surface area contributed by atoms with Crippen molar-refractivity contribution in [3.05, 3.63) is 77.6 Å². The Bertz CT molecular complexity index is 747. The Balaban J connectivity index is 2.09. The van der Waals surface area contributed by atoms with Gasteiger partial charge in [-0.3, -0.25) is 0 Å². The van der Waals surface area contributed by atoms with Crippen LogP contribution in [0.1, 0.15) is 24.0 Å². The number of halogens is 1. The predicted octanol–water partition coefficient (Wildman–Crippen LogP) is 4.84. The van der Waals surface area contributed by atoms with Gasteiger partial charge in [0, 0.05) is 16.9 Å². The Morgan fingerprint density at radius 3 is 2.35 bits per heavy atom. The Labute approximate surface area is 117 Å². The summed E-state index contributed by atoms with van der Waals surface area (Å²) in [7, 11) is 0. The topological polar surface area (TPSA) is 20.2 Å². The molecule has 0 aliphatic carbocycles. The molecule has 3 aromatic carbocycles. The Hall–Kier alpha value is -2.35. The van der Waals surface area contributed by atoms with E-state index in [4.69, 9.17) is 0 Å². The minimum absolute atomic E-state index is 0.0141. The van der Waals surface area contributed by atoms with E-state index in [1.54, 1.807) is 12.1 Å². The summed E-state index contributed by atoms with van der Waals surface area (Å²) < 4.78 is 13.0. The highest BCUT2D eigenvalue weighted by atomic mass is 19.1. The van der Waals surface area contributed by atoms with Gasteiger partial charge in [-0.15, -0.1) is 0 Å². The molecule has 0 radical (unpaired) electrons. The standard InChI is InChI=1S/C18H15FO/c1-12(13-6-9-15(19)10-7-13)16-11-8-14-4-2-3-5-17(14)18(16)20/h2-12,20H,1H3. The fraction of sp³-hybridized carbons (Fsp3) is 0.111. The van der Waals surface area contributed by atoms with Crippen molar-refractivity contribution in [1.29, 1.82) is 0 Å². The molecule has 1 nitrogen and oxygen atoms in total. The van der Waals surface area contributed by atoms with Crippen molar-refractivity contribution >= 4 is 10.8 Å². The van der Waals surface area contributed by atoms with Crippen molar-refractivity contribution in [1.82, 2.24) is 0 Å². The van der Waals surface area contributed by atoms with Crippen molar-refractivity contribution in [2.45, 2.75) is 12.8 Å². The molecule has 20 heavy (non-hydrogen) atoms. The monoisotopic (exact) mass is 266 g/mol. The van der Waals surface area contributed by atoms with Crippen LogP contribution in [0, 0.1) is 5.82 Å². The van der Waals surface area contributed by atoms with Gasteiger partial charge in [-0.2, -0.15) is 0 Å². The van der Waals surface area contributed by atoms with Gasteiger partial charge in [0.15, 0.2) is 0 Å². The first-order chi connectivity index (χ1) is 9.66. The average Bonchev–Trinajstić information content (AvgIpc) is 2.48. The lowest BCUT2D eigenvalue weighted by atomic mass is 9.90. The van der Waals surface area contributed by atoms with Gasteiger partial charge in [0.2, 0.25) is 0 Å². The lowest BCUT2D eigenvalue weighted by molar-refractivity contribution is 0.472. The molecule has 3 rings (SSSR count). The summed E-state index contributed by atoms with van der Waals surface area (Å²) in [6, 6.07) is 18.1. The highest BCUT2D eigenvalue weighted by molar-refractivity contribution is 5.89. The summed E-state index contributed by atoms with van der Waals surface area (Å²) in [6.45, 7) is 2.01. The maximum absolute atomic E-state index is 13.0. The normalized spacial score (nSPS) is 12.5. The number of phenols is 1. The number of benzene rings is 3. The summed E-state index contributed by atoms with van der Waals surface area (Å²) >= 11 is 0. The highest BCUT2D eigenvalue weighted by Crippen LogP contribution is 2.36. The largest absolute Gasteiger partial charge is 0.507 e. The van der Waals surface area contributed by atoms with Crippen molar-refractivity contribution in [2.24, 2.45) is 0 Å². The van der Waals surface area contributed by atoms with Crippen LogP contribution in [0.15, 0.2) is 60.7 Å². The van der Waals surface area contributed by atoms with Gasteiger partial charge in [0.1, 0.15) is 11.6 Å². The first kappa shape index (κ1) is 12.7. The first-order valence-electron chi connectivity index (χ1n) is 6.63. The second-order valence-electron chi connectivity index (χ2n) is 5.00. The van der Waals surface area contributed by atoms with Gasteiger partial charge in [-0.25, -0.2) is 4.39 Å². The number of aromatic hydroxyl groups is 1. The molecule has 3 aromatic rings. The fourth-order valence-electron chi connectivity index (χ4n) is 2.55. The summed E-state index contributed by atoms with van der Waals surface area (Å²) in [6.07, 6.45) is 0. The van der Waals surface area contributed by atoms with E-state index in [-0.39, 0.29) is 11.7 Å². The number of hydrogen-bond donors (Lipinski definition) is 1. The van der Waals surface area contributed by atoms with Crippen LogP contribution in [0.25, 0.3) is 10.8 Å². The van der Waals surface area contributed by atoms with E-state index in [0.29, 0.717) is 5.75 Å². The number of rotatable bonds is 2. The summed E-state index contributed by atoms with van der Waals surface area (Å²) in [5.41, 5.74) is 1.84. The summed E-state index contributed by atoms with van der Waals surface area (Å²) in [5, 5.41) is 12.3. The molecule has 0 aliphatic rings. The van der Waals surface area contributed by atoms with Crippen molar-refractivity contribution < 1.29 is 9.50 Å². The SMILES string of the molecule is CC(c1ccc(F)cc1)c1ccc2ccccc2c1O. The number of phenolic OH excluding ortho intramolecular Hbond substituents is 1.